The van der Waals surface area contributed by atoms with Crippen molar-refractivity contribution in [1.29, 1.82) is 5.26 Å². The first-order chi connectivity index (χ1) is 14.0. The fourth-order valence-electron chi connectivity index (χ4n) is 3.33. The Morgan fingerprint density at radius 3 is 2.62 bits per heavy atom. The lowest BCUT2D eigenvalue weighted by Gasteiger charge is -2.12. The first-order valence-electron chi connectivity index (χ1n) is 9.22. The molecule has 0 saturated carbocycles. The number of nitriles is 1. The molecule has 0 spiro atoms. The van der Waals surface area contributed by atoms with Gasteiger partial charge in [0, 0.05) is 17.0 Å². The SMILES string of the molecule is Cc1cc(NC(=O)c2cccc(C#N)c2)n(-c2cc(C)c3cccc(C)c3n2)n1. The van der Waals surface area contributed by atoms with Gasteiger partial charge in [-0.3, -0.25) is 4.79 Å². The quantitative estimate of drug-likeness (QED) is 0.567. The molecule has 4 aromatic rings. The lowest BCUT2D eigenvalue weighted by Crippen LogP contribution is -2.16. The number of nitrogens with zero attached hydrogens (tertiary/aromatic N) is 4. The Morgan fingerprint density at radius 2 is 1.83 bits per heavy atom. The molecule has 1 N–H and O–H groups in total. The van der Waals surface area contributed by atoms with Crippen LogP contribution in [0.2, 0.25) is 0 Å². The Morgan fingerprint density at radius 1 is 1.03 bits per heavy atom. The van der Waals surface area contributed by atoms with E-state index in [0.717, 1.165) is 27.7 Å². The maximum Gasteiger partial charge on any atom is 0.256 e. The van der Waals surface area contributed by atoms with E-state index in [4.69, 9.17) is 10.2 Å². The van der Waals surface area contributed by atoms with Gasteiger partial charge in [0.15, 0.2) is 5.82 Å². The summed E-state index contributed by atoms with van der Waals surface area (Å²) >= 11 is 0. The molecule has 0 aliphatic rings. The minimum absolute atomic E-state index is 0.308. The van der Waals surface area contributed by atoms with Gasteiger partial charge in [0.1, 0.15) is 5.82 Å². The standard InChI is InChI=1S/C23H19N5O/c1-14-6-4-9-19-15(2)10-20(25-22(14)19)28-21(11-16(3)27-28)26-23(29)18-8-5-7-17(12-18)13-24/h4-12H,1-3H3,(H,26,29). The van der Waals surface area contributed by atoms with Gasteiger partial charge in [-0.2, -0.15) is 15.0 Å². The third-order valence-electron chi connectivity index (χ3n) is 4.78. The van der Waals surface area contributed by atoms with Crippen LogP contribution in [0.15, 0.2) is 54.6 Å². The number of hydrogen-bond acceptors (Lipinski definition) is 4. The molecule has 0 saturated heterocycles. The average molecular weight is 381 g/mol. The minimum atomic E-state index is -0.308. The van der Waals surface area contributed by atoms with Crippen LogP contribution in [-0.4, -0.2) is 20.7 Å². The normalized spacial score (nSPS) is 10.7. The number of amides is 1. The van der Waals surface area contributed by atoms with Crippen molar-refractivity contribution >= 4 is 22.6 Å². The zero-order valence-electron chi connectivity index (χ0n) is 16.4. The van der Waals surface area contributed by atoms with Crippen molar-refractivity contribution in [3.8, 4) is 11.9 Å². The number of pyridine rings is 1. The zero-order chi connectivity index (χ0) is 20.5. The van der Waals surface area contributed by atoms with Crippen molar-refractivity contribution in [3.05, 3.63) is 82.5 Å². The van der Waals surface area contributed by atoms with E-state index in [1.807, 2.05) is 51.1 Å². The van der Waals surface area contributed by atoms with Crippen LogP contribution < -0.4 is 5.32 Å². The Kier molecular flexibility index (Phi) is 4.57. The summed E-state index contributed by atoms with van der Waals surface area (Å²) in [5.41, 5.74) is 4.68. The Labute approximate surface area is 168 Å². The van der Waals surface area contributed by atoms with Crippen LogP contribution in [0.4, 0.5) is 5.82 Å². The van der Waals surface area contributed by atoms with Crippen molar-refractivity contribution in [3.63, 3.8) is 0 Å². The molecule has 0 radical (unpaired) electrons. The number of benzene rings is 2. The maximum absolute atomic E-state index is 12.7. The minimum Gasteiger partial charge on any atom is -0.306 e. The van der Waals surface area contributed by atoms with E-state index in [1.165, 1.54) is 0 Å². The van der Waals surface area contributed by atoms with Crippen molar-refractivity contribution < 1.29 is 4.79 Å². The predicted molar refractivity (Wildman–Crippen MR) is 112 cm³/mol. The Balaban J connectivity index is 1.76. The molecule has 6 nitrogen and oxygen atoms in total. The summed E-state index contributed by atoms with van der Waals surface area (Å²) in [4.78, 5) is 17.5. The number of aromatic nitrogens is 3. The molecular weight excluding hydrogens is 362 g/mol. The first-order valence-corrected chi connectivity index (χ1v) is 9.22. The van der Waals surface area contributed by atoms with E-state index in [0.29, 0.717) is 22.8 Å². The van der Waals surface area contributed by atoms with E-state index in [1.54, 1.807) is 35.0 Å². The van der Waals surface area contributed by atoms with Crippen LogP contribution in [0.1, 0.15) is 32.7 Å². The Bertz CT molecular complexity index is 1300. The third kappa shape index (κ3) is 3.46. The number of anilines is 1. The van der Waals surface area contributed by atoms with Gasteiger partial charge in [-0.05, 0) is 56.2 Å². The van der Waals surface area contributed by atoms with Gasteiger partial charge in [0.2, 0.25) is 0 Å². The molecule has 142 valence electrons. The molecule has 0 aliphatic carbocycles. The van der Waals surface area contributed by atoms with Crippen molar-refractivity contribution in [2.75, 3.05) is 5.32 Å². The highest BCUT2D eigenvalue weighted by Crippen LogP contribution is 2.24. The number of fused-ring (bicyclic) bond motifs is 1. The average Bonchev–Trinajstić information content (AvgIpc) is 3.08. The smallest absolute Gasteiger partial charge is 0.256 e. The molecule has 2 aromatic heterocycles. The number of aryl methyl sites for hydroxylation is 3. The highest BCUT2D eigenvalue weighted by Gasteiger charge is 2.15. The number of carbonyl (C=O) groups is 1. The summed E-state index contributed by atoms with van der Waals surface area (Å²) in [6, 6.07) is 18.5. The summed E-state index contributed by atoms with van der Waals surface area (Å²) in [7, 11) is 0. The van der Waals surface area contributed by atoms with Crippen molar-refractivity contribution in [1.82, 2.24) is 14.8 Å². The van der Waals surface area contributed by atoms with Crippen LogP contribution in [0.3, 0.4) is 0 Å². The molecule has 2 heterocycles. The summed E-state index contributed by atoms with van der Waals surface area (Å²) < 4.78 is 1.64. The number of carbonyl (C=O) groups excluding carboxylic acids is 1. The number of rotatable bonds is 3. The number of hydrogen-bond donors (Lipinski definition) is 1. The van der Waals surface area contributed by atoms with Gasteiger partial charge in [-0.25, -0.2) is 4.98 Å². The van der Waals surface area contributed by atoms with E-state index in [9.17, 15) is 4.79 Å². The largest absolute Gasteiger partial charge is 0.306 e. The molecule has 1 amide bonds. The van der Waals surface area contributed by atoms with Crippen molar-refractivity contribution in [2.45, 2.75) is 20.8 Å². The highest BCUT2D eigenvalue weighted by molar-refractivity contribution is 6.04. The summed E-state index contributed by atoms with van der Waals surface area (Å²) in [5, 5.41) is 17.6. The van der Waals surface area contributed by atoms with E-state index in [2.05, 4.69) is 10.4 Å². The number of para-hydroxylation sites is 1. The van der Waals surface area contributed by atoms with Gasteiger partial charge < -0.3 is 5.32 Å². The molecule has 29 heavy (non-hydrogen) atoms. The second-order valence-corrected chi connectivity index (χ2v) is 7.00. The molecule has 0 aliphatic heterocycles. The van der Waals surface area contributed by atoms with E-state index in [-0.39, 0.29) is 5.91 Å². The number of nitrogens with one attached hydrogen (secondary N) is 1. The third-order valence-corrected chi connectivity index (χ3v) is 4.78. The van der Waals surface area contributed by atoms with Crippen molar-refractivity contribution in [2.24, 2.45) is 0 Å². The first kappa shape index (κ1) is 18.4. The molecule has 2 aromatic carbocycles. The lowest BCUT2D eigenvalue weighted by atomic mass is 10.1. The fraction of sp³-hybridized carbons (Fsp3) is 0.130. The maximum atomic E-state index is 12.7. The molecule has 4 rings (SSSR count). The van der Waals surface area contributed by atoms with Crippen LogP contribution in [0.25, 0.3) is 16.7 Å². The van der Waals surface area contributed by atoms with Crippen LogP contribution in [0.5, 0.6) is 0 Å². The Hall–Kier alpha value is -3.98. The van der Waals surface area contributed by atoms with Gasteiger partial charge in [0.05, 0.1) is 22.8 Å². The van der Waals surface area contributed by atoms with Gasteiger partial charge in [0.25, 0.3) is 5.91 Å². The molecular formula is C23H19N5O. The molecule has 0 atom stereocenters. The topological polar surface area (TPSA) is 83.6 Å². The zero-order valence-corrected chi connectivity index (χ0v) is 16.4. The molecule has 0 bridgehead atoms. The second kappa shape index (κ2) is 7.21. The summed E-state index contributed by atoms with van der Waals surface area (Å²) in [6.07, 6.45) is 0. The van der Waals surface area contributed by atoms with E-state index < -0.39 is 0 Å². The summed E-state index contributed by atoms with van der Waals surface area (Å²) in [6.45, 7) is 5.92. The van der Waals surface area contributed by atoms with E-state index >= 15 is 0 Å². The highest BCUT2D eigenvalue weighted by atomic mass is 16.1. The monoisotopic (exact) mass is 381 g/mol. The van der Waals surface area contributed by atoms with Crippen LogP contribution >= 0.6 is 0 Å². The molecule has 0 unspecified atom stereocenters. The lowest BCUT2D eigenvalue weighted by molar-refractivity contribution is 0.102. The predicted octanol–water partition coefficient (Wildman–Crippen LogP) is 4.47. The summed E-state index contributed by atoms with van der Waals surface area (Å²) in [5.74, 6) is 0.852. The molecule has 0 fully saturated rings. The van der Waals surface area contributed by atoms with Gasteiger partial charge in [-0.15, -0.1) is 0 Å². The van der Waals surface area contributed by atoms with Gasteiger partial charge in [-0.1, -0.05) is 24.3 Å². The fourth-order valence-corrected chi connectivity index (χ4v) is 3.33. The van der Waals surface area contributed by atoms with Gasteiger partial charge >= 0.3 is 0 Å². The molecule has 6 heteroatoms. The van der Waals surface area contributed by atoms with Crippen LogP contribution in [0, 0.1) is 32.1 Å². The second-order valence-electron chi connectivity index (χ2n) is 7.00. The van der Waals surface area contributed by atoms with Crippen LogP contribution in [-0.2, 0) is 0 Å².